The molecule has 0 aliphatic rings. The van der Waals surface area contributed by atoms with Crippen molar-refractivity contribution < 1.29 is 19.7 Å². The Labute approximate surface area is 175 Å². The second kappa shape index (κ2) is 8.49. The number of phenolic OH excluding ortho intramolecular Hbond substituents is 3. The molecule has 156 valence electrons. The lowest BCUT2D eigenvalue weighted by molar-refractivity contribution is 0.434. The molecule has 0 aliphatic carbocycles. The average molecular weight is 406 g/mol. The molecule has 3 aromatic rings. The van der Waals surface area contributed by atoms with Crippen molar-refractivity contribution in [1.29, 1.82) is 0 Å². The fourth-order valence-electron chi connectivity index (χ4n) is 3.44. The number of phenols is 3. The van der Waals surface area contributed by atoms with Gasteiger partial charge in [0.15, 0.2) is 0 Å². The summed E-state index contributed by atoms with van der Waals surface area (Å²) in [5.41, 5.74) is 3.24. The van der Waals surface area contributed by atoms with Crippen LogP contribution in [0.25, 0.3) is 22.1 Å². The normalized spacial score (nSPS) is 11.0. The van der Waals surface area contributed by atoms with Gasteiger partial charge in [0.25, 0.3) is 0 Å². The van der Waals surface area contributed by atoms with Crippen LogP contribution in [0.3, 0.4) is 0 Å². The van der Waals surface area contributed by atoms with Crippen LogP contribution < -0.4 is 5.43 Å². The fourth-order valence-corrected chi connectivity index (χ4v) is 3.44. The molecule has 0 aliphatic heterocycles. The summed E-state index contributed by atoms with van der Waals surface area (Å²) >= 11 is 0. The van der Waals surface area contributed by atoms with Crippen LogP contribution in [0.4, 0.5) is 0 Å². The van der Waals surface area contributed by atoms with E-state index in [4.69, 9.17) is 4.42 Å². The third kappa shape index (κ3) is 4.10. The van der Waals surface area contributed by atoms with Gasteiger partial charge >= 0.3 is 0 Å². The molecule has 5 nitrogen and oxygen atoms in total. The number of aryl methyl sites for hydroxylation is 1. The quantitative estimate of drug-likeness (QED) is 0.445. The zero-order chi connectivity index (χ0) is 22.0. The molecule has 2 aromatic carbocycles. The van der Waals surface area contributed by atoms with Crippen molar-refractivity contribution in [3.05, 3.63) is 76.2 Å². The van der Waals surface area contributed by atoms with Gasteiger partial charge in [0.2, 0.25) is 5.43 Å². The predicted molar refractivity (Wildman–Crippen MR) is 119 cm³/mol. The van der Waals surface area contributed by atoms with Crippen LogP contribution in [-0.2, 0) is 12.8 Å². The van der Waals surface area contributed by atoms with E-state index in [0.29, 0.717) is 42.4 Å². The number of hydrogen-bond donors (Lipinski definition) is 3. The molecule has 0 saturated heterocycles. The molecule has 0 amide bonds. The van der Waals surface area contributed by atoms with Gasteiger partial charge in [-0.05, 0) is 57.2 Å². The Morgan fingerprint density at radius 3 is 2.03 bits per heavy atom. The molecule has 1 aromatic heterocycles. The van der Waals surface area contributed by atoms with Crippen molar-refractivity contribution >= 4 is 11.0 Å². The van der Waals surface area contributed by atoms with E-state index < -0.39 is 5.43 Å². The zero-order valence-electron chi connectivity index (χ0n) is 17.3. The minimum Gasteiger partial charge on any atom is -0.508 e. The van der Waals surface area contributed by atoms with Gasteiger partial charge in [-0.2, -0.15) is 0 Å². The standard InChI is InChI=1S/C25H26O5/c1-14(2)5-11-18-22(27)19(12-6-15(3)4)25-21(23(18)28)24(29)20(13-30-25)16-7-9-17(26)10-8-16/h7-10,13,26-28H,1,3,5-6,11-12H2,2,4H3. The molecule has 0 spiro atoms. The molecule has 0 atom stereocenters. The van der Waals surface area contributed by atoms with Crippen LogP contribution in [-0.4, -0.2) is 15.3 Å². The molecule has 5 heteroatoms. The summed E-state index contributed by atoms with van der Waals surface area (Å²) in [7, 11) is 0. The third-order valence-electron chi connectivity index (χ3n) is 5.14. The number of benzene rings is 2. The second-order valence-electron chi connectivity index (χ2n) is 7.80. The van der Waals surface area contributed by atoms with Gasteiger partial charge in [0, 0.05) is 11.1 Å². The number of aromatic hydroxyl groups is 3. The molecule has 1 heterocycles. The highest BCUT2D eigenvalue weighted by atomic mass is 16.3. The first-order valence-corrected chi connectivity index (χ1v) is 9.80. The number of hydrogen-bond acceptors (Lipinski definition) is 5. The summed E-state index contributed by atoms with van der Waals surface area (Å²) in [4.78, 5) is 13.3. The maximum Gasteiger partial charge on any atom is 0.204 e. The molecule has 0 saturated carbocycles. The largest absolute Gasteiger partial charge is 0.508 e. The molecular weight excluding hydrogens is 380 g/mol. The van der Waals surface area contributed by atoms with Crippen molar-refractivity contribution in [3.8, 4) is 28.4 Å². The van der Waals surface area contributed by atoms with E-state index in [9.17, 15) is 20.1 Å². The van der Waals surface area contributed by atoms with E-state index in [1.54, 1.807) is 12.1 Å². The van der Waals surface area contributed by atoms with Gasteiger partial charge in [-0.1, -0.05) is 23.3 Å². The molecule has 0 fully saturated rings. The van der Waals surface area contributed by atoms with Crippen molar-refractivity contribution in [2.45, 2.75) is 39.5 Å². The minimum atomic E-state index is -0.396. The number of rotatable bonds is 7. The first kappa shape index (κ1) is 21.2. The van der Waals surface area contributed by atoms with Crippen molar-refractivity contribution in [2.24, 2.45) is 0 Å². The summed E-state index contributed by atoms with van der Waals surface area (Å²) in [6.07, 6.45) is 3.28. The van der Waals surface area contributed by atoms with Crippen LogP contribution in [0.15, 0.2) is 64.0 Å². The van der Waals surface area contributed by atoms with Crippen molar-refractivity contribution in [1.82, 2.24) is 0 Å². The lowest BCUT2D eigenvalue weighted by atomic mass is 9.93. The summed E-state index contributed by atoms with van der Waals surface area (Å²) < 4.78 is 5.78. The number of fused-ring (bicyclic) bond motifs is 1. The van der Waals surface area contributed by atoms with E-state index in [2.05, 4.69) is 13.2 Å². The van der Waals surface area contributed by atoms with Crippen LogP contribution in [0.2, 0.25) is 0 Å². The molecule has 3 N–H and O–H groups in total. The second-order valence-corrected chi connectivity index (χ2v) is 7.80. The van der Waals surface area contributed by atoms with Crippen molar-refractivity contribution in [3.63, 3.8) is 0 Å². The fraction of sp³-hybridized carbons (Fsp3) is 0.240. The highest BCUT2D eigenvalue weighted by Crippen LogP contribution is 2.41. The Morgan fingerprint density at radius 2 is 1.47 bits per heavy atom. The molecule has 30 heavy (non-hydrogen) atoms. The zero-order valence-corrected chi connectivity index (χ0v) is 17.3. The summed E-state index contributed by atoms with van der Waals surface area (Å²) in [6.45, 7) is 11.5. The smallest absolute Gasteiger partial charge is 0.204 e. The summed E-state index contributed by atoms with van der Waals surface area (Å²) in [5.74, 6) is -0.235. The van der Waals surface area contributed by atoms with Gasteiger partial charge in [0.05, 0.1) is 5.56 Å². The first-order chi connectivity index (χ1) is 14.2. The van der Waals surface area contributed by atoms with Crippen LogP contribution in [0.1, 0.15) is 37.8 Å². The topological polar surface area (TPSA) is 90.9 Å². The van der Waals surface area contributed by atoms with Crippen molar-refractivity contribution in [2.75, 3.05) is 0 Å². The van der Waals surface area contributed by atoms with Gasteiger partial charge < -0.3 is 19.7 Å². The van der Waals surface area contributed by atoms with Crippen LogP contribution >= 0.6 is 0 Å². The molecule has 0 unspecified atom stereocenters. The minimum absolute atomic E-state index is 0.0480. The predicted octanol–water partition coefficient (Wildman–Crippen LogP) is 5.59. The monoisotopic (exact) mass is 406 g/mol. The van der Waals surface area contributed by atoms with Crippen LogP contribution in [0, 0.1) is 0 Å². The maximum atomic E-state index is 13.3. The van der Waals surface area contributed by atoms with Gasteiger partial charge in [-0.25, -0.2) is 0 Å². The third-order valence-corrected chi connectivity index (χ3v) is 5.14. The highest BCUT2D eigenvalue weighted by molar-refractivity contribution is 5.92. The summed E-state index contributed by atoms with van der Waals surface area (Å²) in [5, 5.41) is 31.4. The Hall–Kier alpha value is -3.47. The van der Waals surface area contributed by atoms with E-state index in [0.717, 1.165) is 11.1 Å². The Balaban J connectivity index is 2.29. The summed E-state index contributed by atoms with van der Waals surface area (Å²) in [6, 6.07) is 6.17. The van der Waals surface area contributed by atoms with Gasteiger partial charge in [-0.15, -0.1) is 13.2 Å². The van der Waals surface area contributed by atoms with E-state index in [-0.39, 0.29) is 33.8 Å². The Bertz CT molecular complexity index is 1180. The molecule has 0 bridgehead atoms. The van der Waals surface area contributed by atoms with Gasteiger partial charge in [-0.3, -0.25) is 4.79 Å². The average Bonchev–Trinajstić information content (AvgIpc) is 2.68. The maximum absolute atomic E-state index is 13.3. The van der Waals surface area contributed by atoms with E-state index in [1.807, 2.05) is 13.8 Å². The lowest BCUT2D eigenvalue weighted by Crippen LogP contribution is -2.08. The van der Waals surface area contributed by atoms with Gasteiger partial charge in [0.1, 0.15) is 34.5 Å². The number of allylic oxidation sites excluding steroid dienone is 2. The van der Waals surface area contributed by atoms with E-state index >= 15 is 0 Å². The SMILES string of the molecule is C=C(C)CCc1c(O)c(CCC(=C)C)c2occ(-c3ccc(O)cc3)c(=O)c2c1O. The molecule has 0 radical (unpaired) electrons. The lowest BCUT2D eigenvalue weighted by Gasteiger charge is -2.16. The molecular formula is C25H26O5. The Morgan fingerprint density at radius 1 is 0.900 bits per heavy atom. The van der Waals surface area contributed by atoms with E-state index in [1.165, 1.54) is 18.4 Å². The Kier molecular flexibility index (Phi) is 6.01. The molecule has 3 rings (SSSR count). The van der Waals surface area contributed by atoms with Crippen LogP contribution in [0.5, 0.6) is 17.2 Å². The first-order valence-electron chi connectivity index (χ1n) is 9.80. The highest BCUT2D eigenvalue weighted by Gasteiger charge is 2.24.